The van der Waals surface area contributed by atoms with Crippen molar-refractivity contribution >= 4 is 46.7 Å². The fourth-order valence-corrected chi connectivity index (χ4v) is 3.91. The van der Waals surface area contributed by atoms with Crippen LogP contribution >= 0.6 is 23.2 Å². The summed E-state index contributed by atoms with van der Waals surface area (Å²) in [7, 11) is 0. The largest absolute Gasteiger partial charge is 0.325 e. The van der Waals surface area contributed by atoms with Crippen molar-refractivity contribution in [2.75, 3.05) is 11.9 Å². The zero-order valence-corrected chi connectivity index (χ0v) is 18.7. The Balaban J connectivity index is 1.73. The molecule has 2 N–H and O–H groups in total. The van der Waals surface area contributed by atoms with Crippen LogP contribution in [-0.2, 0) is 20.5 Å². The summed E-state index contributed by atoms with van der Waals surface area (Å²) in [6.45, 7) is 7.43. The molecule has 6 nitrogen and oxygen atoms in total. The van der Waals surface area contributed by atoms with Gasteiger partial charge in [0.1, 0.15) is 12.1 Å². The first kappa shape index (κ1) is 22.1. The number of nitrogens with one attached hydrogen (secondary N) is 2. The highest BCUT2D eigenvalue weighted by molar-refractivity contribution is 6.35. The molecule has 4 amide bonds. The van der Waals surface area contributed by atoms with Crippen LogP contribution in [0.3, 0.4) is 0 Å². The van der Waals surface area contributed by atoms with E-state index < -0.39 is 29.9 Å². The molecule has 2 aromatic rings. The minimum Gasteiger partial charge on any atom is -0.325 e. The molecule has 0 bridgehead atoms. The van der Waals surface area contributed by atoms with Crippen molar-refractivity contribution in [2.24, 2.45) is 0 Å². The van der Waals surface area contributed by atoms with E-state index in [4.69, 9.17) is 23.2 Å². The van der Waals surface area contributed by atoms with E-state index in [1.807, 2.05) is 12.1 Å². The standard InChI is InChI=1S/C22H23Cl2N3O3/c1-21(2,3)13-5-8-15(9-6-13)25-18(28)12-27-19(29)22(4,26-20(27)30)16-10-7-14(23)11-17(16)24/h5-11H,12H2,1-4H3,(H,25,28)(H,26,30). The zero-order valence-electron chi connectivity index (χ0n) is 17.2. The summed E-state index contributed by atoms with van der Waals surface area (Å²) >= 11 is 12.2. The third kappa shape index (κ3) is 4.30. The van der Waals surface area contributed by atoms with E-state index in [1.165, 1.54) is 6.07 Å². The van der Waals surface area contributed by atoms with E-state index in [0.29, 0.717) is 16.3 Å². The second-order valence-electron chi connectivity index (χ2n) is 8.45. The minimum atomic E-state index is -1.38. The van der Waals surface area contributed by atoms with Gasteiger partial charge in [-0.25, -0.2) is 4.79 Å². The van der Waals surface area contributed by atoms with Crippen molar-refractivity contribution in [1.82, 2.24) is 10.2 Å². The number of benzene rings is 2. The number of anilines is 1. The summed E-state index contributed by atoms with van der Waals surface area (Å²) in [5, 5.41) is 6.02. The molecule has 1 heterocycles. The predicted octanol–water partition coefficient (Wildman–Crippen LogP) is 4.70. The Morgan fingerprint density at radius 2 is 1.73 bits per heavy atom. The van der Waals surface area contributed by atoms with Crippen LogP contribution in [0.4, 0.5) is 10.5 Å². The zero-order chi connectivity index (χ0) is 22.3. The first-order chi connectivity index (χ1) is 13.9. The molecule has 0 spiro atoms. The van der Waals surface area contributed by atoms with E-state index in [1.54, 1.807) is 31.2 Å². The molecule has 1 aliphatic rings. The third-order valence-electron chi connectivity index (χ3n) is 5.08. The molecule has 0 aliphatic carbocycles. The van der Waals surface area contributed by atoms with Crippen LogP contribution in [0.25, 0.3) is 0 Å². The van der Waals surface area contributed by atoms with Crippen LogP contribution in [-0.4, -0.2) is 29.3 Å². The van der Waals surface area contributed by atoms with E-state index in [0.717, 1.165) is 10.5 Å². The normalized spacial score (nSPS) is 19.1. The van der Waals surface area contributed by atoms with Gasteiger partial charge in [0.15, 0.2) is 0 Å². The third-order valence-corrected chi connectivity index (χ3v) is 5.63. The Hall–Kier alpha value is -2.57. The van der Waals surface area contributed by atoms with E-state index in [9.17, 15) is 14.4 Å². The molecule has 0 aromatic heterocycles. The fourth-order valence-electron chi connectivity index (χ4n) is 3.32. The molecule has 1 saturated heterocycles. The molecule has 158 valence electrons. The second kappa shape index (κ2) is 7.93. The lowest BCUT2D eigenvalue weighted by Crippen LogP contribution is -2.42. The van der Waals surface area contributed by atoms with Gasteiger partial charge in [0, 0.05) is 21.3 Å². The van der Waals surface area contributed by atoms with E-state index in [-0.39, 0.29) is 10.4 Å². The van der Waals surface area contributed by atoms with Crippen LogP contribution in [0, 0.1) is 0 Å². The monoisotopic (exact) mass is 447 g/mol. The average Bonchev–Trinajstić information content (AvgIpc) is 2.85. The Morgan fingerprint density at radius 1 is 1.10 bits per heavy atom. The molecular formula is C22H23Cl2N3O3. The smallest absolute Gasteiger partial charge is 0.325 e. The van der Waals surface area contributed by atoms with Crippen LogP contribution < -0.4 is 10.6 Å². The van der Waals surface area contributed by atoms with E-state index >= 15 is 0 Å². The van der Waals surface area contributed by atoms with Crippen molar-refractivity contribution in [1.29, 1.82) is 0 Å². The lowest BCUT2D eigenvalue weighted by atomic mass is 9.87. The SMILES string of the molecule is CC(C)(C)c1ccc(NC(=O)CN2C(=O)NC(C)(c3ccc(Cl)cc3Cl)C2=O)cc1. The molecule has 30 heavy (non-hydrogen) atoms. The number of carbonyl (C=O) groups is 3. The summed E-state index contributed by atoms with van der Waals surface area (Å²) in [6.07, 6.45) is 0. The Labute approximate surface area is 185 Å². The number of nitrogens with zero attached hydrogens (tertiary/aromatic N) is 1. The number of halogens is 2. The predicted molar refractivity (Wildman–Crippen MR) is 118 cm³/mol. The quantitative estimate of drug-likeness (QED) is 0.666. The summed E-state index contributed by atoms with van der Waals surface area (Å²) < 4.78 is 0. The fraction of sp³-hybridized carbons (Fsp3) is 0.318. The Kier molecular flexibility index (Phi) is 5.85. The molecular weight excluding hydrogens is 425 g/mol. The lowest BCUT2D eigenvalue weighted by molar-refractivity contribution is -0.133. The molecule has 2 aromatic carbocycles. The number of hydrogen-bond donors (Lipinski definition) is 2. The highest BCUT2D eigenvalue weighted by Gasteiger charge is 2.50. The summed E-state index contributed by atoms with van der Waals surface area (Å²) in [5.41, 5.74) is 0.741. The van der Waals surface area contributed by atoms with Crippen molar-refractivity contribution < 1.29 is 14.4 Å². The molecule has 1 atom stereocenters. The molecule has 1 aliphatic heterocycles. The number of rotatable bonds is 4. The first-order valence-corrected chi connectivity index (χ1v) is 10.2. The number of urea groups is 1. The van der Waals surface area contributed by atoms with Crippen LogP contribution in [0.2, 0.25) is 10.0 Å². The summed E-state index contributed by atoms with van der Waals surface area (Å²) in [5.74, 6) is -1.04. The highest BCUT2D eigenvalue weighted by Crippen LogP contribution is 2.35. The number of imide groups is 1. The molecule has 0 radical (unpaired) electrons. The maximum atomic E-state index is 13.0. The van der Waals surface area contributed by atoms with Crippen molar-refractivity contribution in [3.05, 3.63) is 63.6 Å². The van der Waals surface area contributed by atoms with Crippen LogP contribution in [0.15, 0.2) is 42.5 Å². The van der Waals surface area contributed by atoms with Gasteiger partial charge in [0.25, 0.3) is 5.91 Å². The summed E-state index contributed by atoms with van der Waals surface area (Å²) in [6, 6.07) is 11.5. The molecule has 3 rings (SSSR count). The number of hydrogen-bond acceptors (Lipinski definition) is 3. The summed E-state index contributed by atoms with van der Waals surface area (Å²) in [4.78, 5) is 38.8. The molecule has 1 unspecified atom stereocenters. The van der Waals surface area contributed by atoms with Gasteiger partial charge >= 0.3 is 6.03 Å². The van der Waals surface area contributed by atoms with Gasteiger partial charge in [0.2, 0.25) is 5.91 Å². The number of amides is 4. The molecule has 8 heteroatoms. The van der Waals surface area contributed by atoms with Gasteiger partial charge in [-0.2, -0.15) is 0 Å². The van der Waals surface area contributed by atoms with Gasteiger partial charge < -0.3 is 10.6 Å². The molecule has 0 saturated carbocycles. The second-order valence-corrected chi connectivity index (χ2v) is 9.29. The number of carbonyl (C=O) groups excluding carboxylic acids is 3. The van der Waals surface area contributed by atoms with Crippen LogP contribution in [0.5, 0.6) is 0 Å². The first-order valence-electron chi connectivity index (χ1n) is 9.42. The van der Waals surface area contributed by atoms with Crippen molar-refractivity contribution in [3.8, 4) is 0 Å². The highest BCUT2D eigenvalue weighted by atomic mass is 35.5. The molecule has 1 fully saturated rings. The van der Waals surface area contributed by atoms with Gasteiger partial charge in [-0.15, -0.1) is 0 Å². The lowest BCUT2D eigenvalue weighted by Gasteiger charge is -2.23. The average molecular weight is 448 g/mol. The topological polar surface area (TPSA) is 78.5 Å². The van der Waals surface area contributed by atoms with Crippen molar-refractivity contribution in [3.63, 3.8) is 0 Å². The van der Waals surface area contributed by atoms with Gasteiger partial charge in [-0.1, -0.05) is 62.2 Å². The Morgan fingerprint density at radius 3 is 2.30 bits per heavy atom. The van der Waals surface area contributed by atoms with Gasteiger partial charge in [0.05, 0.1) is 0 Å². The minimum absolute atomic E-state index is 0.00397. The maximum absolute atomic E-state index is 13.0. The van der Waals surface area contributed by atoms with Gasteiger partial charge in [-0.05, 0) is 42.2 Å². The van der Waals surface area contributed by atoms with Gasteiger partial charge in [-0.3, -0.25) is 14.5 Å². The Bertz CT molecular complexity index is 1020. The van der Waals surface area contributed by atoms with Crippen LogP contribution in [0.1, 0.15) is 38.8 Å². The maximum Gasteiger partial charge on any atom is 0.325 e. The van der Waals surface area contributed by atoms with Crippen molar-refractivity contribution in [2.45, 2.75) is 38.6 Å². The van der Waals surface area contributed by atoms with E-state index in [2.05, 4.69) is 31.4 Å².